The van der Waals surface area contributed by atoms with Gasteiger partial charge in [0.15, 0.2) is 11.6 Å². The minimum absolute atomic E-state index is 0.146. The minimum Gasteiger partial charge on any atom is -0.323 e. The smallest absolute Gasteiger partial charge is 0.162 e. The second-order valence-corrected chi connectivity index (χ2v) is 2.98. The molecule has 0 aromatic heterocycles. The summed E-state index contributed by atoms with van der Waals surface area (Å²) in [6.07, 6.45) is 0. The highest BCUT2D eigenvalue weighted by molar-refractivity contribution is 6.10. The largest absolute Gasteiger partial charge is 0.323 e. The van der Waals surface area contributed by atoms with E-state index in [-0.39, 0.29) is 11.6 Å². The molecule has 1 aromatic carbocycles. The van der Waals surface area contributed by atoms with Crippen LogP contribution in [0.25, 0.3) is 0 Å². The summed E-state index contributed by atoms with van der Waals surface area (Å²) in [4.78, 5) is 22.5. The summed E-state index contributed by atoms with van der Waals surface area (Å²) in [6, 6.07) is 4.95. The van der Waals surface area contributed by atoms with Crippen LogP contribution in [0.2, 0.25) is 0 Å². The van der Waals surface area contributed by atoms with Crippen molar-refractivity contribution in [2.45, 2.75) is 13.8 Å². The van der Waals surface area contributed by atoms with Gasteiger partial charge < -0.3 is 5.43 Å². The Morgan fingerprint density at radius 1 is 1.21 bits per heavy atom. The number of benzene rings is 1. The standard InChI is InChI=1S/C10H12N2O2/c1-6(13)8-4-3-5-9(12-11)10(8)7(2)14/h3-5,12H,11H2,1-2H3. The van der Waals surface area contributed by atoms with Gasteiger partial charge in [-0.2, -0.15) is 0 Å². The van der Waals surface area contributed by atoms with Crippen LogP contribution < -0.4 is 11.3 Å². The molecule has 1 aromatic rings. The van der Waals surface area contributed by atoms with Gasteiger partial charge >= 0.3 is 0 Å². The fourth-order valence-electron chi connectivity index (χ4n) is 1.35. The molecule has 0 heterocycles. The number of nitrogen functional groups attached to an aromatic ring is 1. The highest BCUT2D eigenvalue weighted by Gasteiger charge is 2.14. The number of hydrogen-bond donors (Lipinski definition) is 2. The Bertz CT molecular complexity index is 386. The van der Waals surface area contributed by atoms with Gasteiger partial charge in [-0.3, -0.25) is 15.4 Å². The van der Waals surface area contributed by atoms with Crippen LogP contribution >= 0.6 is 0 Å². The lowest BCUT2D eigenvalue weighted by Gasteiger charge is -2.09. The maximum atomic E-state index is 11.3. The zero-order valence-corrected chi connectivity index (χ0v) is 8.13. The topological polar surface area (TPSA) is 72.2 Å². The second-order valence-electron chi connectivity index (χ2n) is 2.98. The van der Waals surface area contributed by atoms with Gasteiger partial charge in [-0.25, -0.2) is 0 Å². The summed E-state index contributed by atoms with van der Waals surface area (Å²) < 4.78 is 0. The van der Waals surface area contributed by atoms with Gasteiger partial charge in [0.1, 0.15) is 0 Å². The molecule has 74 valence electrons. The molecule has 0 aliphatic rings. The van der Waals surface area contributed by atoms with E-state index >= 15 is 0 Å². The molecule has 0 bridgehead atoms. The van der Waals surface area contributed by atoms with Crippen LogP contribution in [-0.4, -0.2) is 11.6 Å². The molecule has 0 radical (unpaired) electrons. The molecular weight excluding hydrogens is 180 g/mol. The molecule has 0 amide bonds. The van der Waals surface area contributed by atoms with E-state index in [9.17, 15) is 9.59 Å². The van der Waals surface area contributed by atoms with Crippen LogP contribution in [0.5, 0.6) is 0 Å². The van der Waals surface area contributed by atoms with Crippen LogP contribution in [0.3, 0.4) is 0 Å². The maximum absolute atomic E-state index is 11.3. The Kier molecular flexibility index (Phi) is 2.99. The van der Waals surface area contributed by atoms with Crippen molar-refractivity contribution in [3.05, 3.63) is 29.3 Å². The first kappa shape index (κ1) is 10.4. The Morgan fingerprint density at radius 2 is 1.86 bits per heavy atom. The van der Waals surface area contributed by atoms with Crippen molar-refractivity contribution in [2.75, 3.05) is 5.43 Å². The van der Waals surface area contributed by atoms with Gasteiger partial charge in [0, 0.05) is 5.56 Å². The second kappa shape index (κ2) is 4.02. The van der Waals surface area contributed by atoms with E-state index in [0.717, 1.165) is 0 Å². The number of anilines is 1. The lowest BCUT2D eigenvalue weighted by atomic mass is 9.99. The highest BCUT2D eigenvalue weighted by atomic mass is 16.1. The van der Waals surface area contributed by atoms with E-state index in [2.05, 4.69) is 5.43 Å². The van der Waals surface area contributed by atoms with Crippen LogP contribution in [-0.2, 0) is 0 Å². The molecule has 0 saturated heterocycles. The van der Waals surface area contributed by atoms with Crippen molar-refractivity contribution in [2.24, 2.45) is 5.84 Å². The van der Waals surface area contributed by atoms with Crippen molar-refractivity contribution >= 4 is 17.3 Å². The number of ketones is 2. The first-order valence-corrected chi connectivity index (χ1v) is 4.19. The molecule has 4 nitrogen and oxygen atoms in total. The Balaban J connectivity index is 3.43. The average molecular weight is 192 g/mol. The van der Waals surface area contributed by atoms with Crippen LogP contribution in [0.1, 0.15) is 34.6 Å². The third kappa shape index (κ3) is 1.80. The van der Waals surface area contributed by atoms with Crippen molar-refractivity contribution in [1.82, 2.24) is 0 Å². The molecular formula is C10H12N2O2. The number of hydrazine groups is 1. The molecule has 14 heavy (non-hydrogen) atoms. The quantitative estimate of drug-likeness (QED) is 0.431. The first-order valence-electron chi connectivity index (χ1n) is 4.19. The SMILES string of the molecule is CC(=O)c1cccc(NN)c1C(C)=O. The predicted molar refractivity (Wildman–Crippen MR) is 54.3 cm³/mol. The molecule has 0 fully saturated rings. The fraction of sp³-hybridized carbons (Fsp3) is 0.200. The molecule has 4 heteroatoms. The maximum Gasteiger partial charge on any atom is 0.162 e. The van der Waals surface area contributed by atoms with Crippen LogP contribution in [0, 0.1) is 0 Å². The number of rotatable bonds is 3. The summed E-state index contributed by atoms with van der Waals surface area (Å²) in [5.74, 6) is 4.92. The van der Waals surface area contributed by atoms with Gasteiger partial charge in [0.25, 0.3) is 0 Å². The summed E-state index contributed by atoms with van der Waals surface area (Å²) in [6.45, 7) is 2.82. The van der Waals surface area contributed by atoms with Crippen LogP contribution in [0.15, 0.2) is 18.2 Å². The molecule has 0 aliphatic heterocycles. The number of nitrogens with one attached hydrogen (secondary N) is 1. The minimum atomic E-state index is -0.177. The van der Waals surface area contributed by atoms with Gasteiger partial charge in [-0.15, -0.1) is 0 Å². The van der Waals surface area contributed by atoms with E-state index in [0.29, 0.717) is 16.8 Å². The van der Waals surface area contributed by atoms with Gasteiger partial charge in [0.05, 0.1) is 11.3 Å². The number of nitrogens with two attached hydrogens (primary N) is 1. The van der Waals surface area contributed by atoms with Gasteiger partial charge in [-0.1, -0.05) is 12.1 Å². The molecule has 0 atom stereocenters. The normalized spacial score (nSPS) is 9.64. The van der Waals surface area contributed by atoms with Gasteiger partial charge in [-0.05, 0) is 19.9 Å². The molecule has 0 aliphatic carbocycles. The van der Waals surface area contributed by atoms with E-state index in [1.54, 1.807) is 18.2 Å². The van der Waals surface area contributed by atoms with E-state index in [1.165, 1.54) is 13.8 Å². The van der Waals surface area contributed by atoms with Crippen molar-refractivity contribution in [1.29, 1.82) is 0 Å². The number of carbonyl (C=O) groups is 2. The average Bonchev–Trinajstić information content (AvgIpc) is 2.16. The third-order valence-corrected chi connectivity index (χ3v) is 1.95. The molecule has 0 saturated carbocycles. The van der Waals surface area contributed by atoms with E-state index < -0.39 is 0 Å². The zero-order chi connectivity index (χ0) is 10.7. The molecule has 0 unspecified atom stereocenters. The lowest BCUT2D eigenvalue weighted by molar-refractivity contribution is 0.0981. The monoisotopic (exact) mass is 192 g/mol. The van der Waals surface area contributed by atoms with E-state index in [4.69, 9.17) is 5.84 Å². The van der Waals surface area contributed by atoms with E-state index in [1.807, 2.05) is 0 Å². The van der Waals surface area contributed by atoms with Crippen LogP contribution in [0.4, 0.5) is 5.69 Å². The number of hydrogen-bond acceptors (Lipinski definition) is 4. The number of Topliss-reactive ketones (excluding diaryl/α,β-unsaturated/α-hetero) is 2. The van der Waals surface area contributed by atoms with Crippen molar-refractivity contribution in [3.8, 4) is 0 Å². The molecule has 3 N–H and O–H groups in total. The summed E-state index contributed by atoms with van der Waals surface area (Å²) in [5, 5.41) is 0. The Hall–Kier alpha value is -1.68. The fourth-order valence-corrected chi connectivity index (χ4v) is 1.35. The first-order chi connectivity index (χ1) is 6.57. The third-order valence-electron chi connectivity index (χ3n) is 1.95. The number of carbonyl (C=O) groups excluding carboxylic acids is 2. The Labute approximate surface area is 82.1 Å². The summed E-state index contributed by atoms with van der Waals surface area (Å²) in [5.41, 5.74) is 3.62. The highest BCUT2D eigenvalue weighted by Crippen LogP contribution is 2.20. The molecule has 0 spiro atoms. The van der Waals surface area contributed by atoms with Gasteiger partial charge in [0.2, 0.25) is 0 Å². The predicted octanol–water partition coefficient (Wildman–Crippen LogP) is 1.38. The lowest BCUT2D eigenvalue weighted by Crippen LogP contribution is -2.14. The zero-order valence-electron chi connectivity index (χ0n) is 8.13. The molecule has 1 rings (SSSR count). The van der Waals surface area contributed by atoms with Crippen molar-refractivity contribution in [3.63, 3.8) is 0 Å². The van der Waals surface area contributed by atoms with Crippen molar-refractivity contribution < 1.29 is 9.59 Å². The summed E-state index contributed by atoms with van der Waals surface area (Å²) in [7, 11) is 0. The summed E-state index contributed by atoms with van der Waals surface area (Å²) >= 11 is 0. The Morgan fingerprint density at radius 3 is 2.29 bits per heavy atom.